The van der Waals surface area contributed by atoms with Crippen molar-refractivity contribution in [1.29, 1.82) is 0 Å². The maximum atomic E-state index is 11.7. The Morgan fingerprint density at radius 2 is 1.57 bits per heavy atom. The van der Waals surface area contributed by atoms with Crippen molar-refractivity contribution in [2.24, 2.45) is 0 Å². The largest absolute Gasteiger partial charge is 0.465 e. The molecule has 0 unspecified atom stereocenters. The fourth-order valence-corrected chi connectivity index (χ4v) is 2.08. The number of benzene rings is 1. The lowest BCUT2D eigenvalue weighted by Crippen LogP contribution is -2.36. The Morgan fingerprint density at radius 3 is 2.05 bits per heavy atom. The summed E-state index contributed by atoms with van der Waals surface area (Å²) in [6.07, 6.45) is 0. The SMILES string of the molecule is CCOC(=O)CN(CC(=O)OCC)c1cc(Cl)ccc1Cl. The average molecular weight is 334 g/mol. The van der Waals surface area contributed by atoms with E-state index in [-0.39, 0.29) is 26.3 Å². The van der Waals surface area contributed by atoms with E-state index in [1.165, 1.54) is 4.90 Å². The third-order valence-corrected chi connectivity index (χ3v) is 3.05. The maximum absolute atomic E-state index is 11.7. The van der Waals surface area contributed by atoms with Crippen LogP contribution in [0.15, 0.2) is 18.2 Å². The molecule has 1 aromatic rings. The smallest absolute Gasteiger partial charge is 0.325 e. The summed E-state index contributed by atoms with van der Waals surface area (Å²) in [6.45, 7) is 3.70. The molecule has 1 rings (SSSR count). The number of anilines is 1. The van der Waals surface area contributed by atoms with E-state index in [1.807, 2.05) is 0 Å². The Bertz CT molecular complexity index is 488. The summed E-state index contributed by atoms with van der Waals surface area (Å²) in [7, 11) is 0. The van der Waals surface area contributed by atoms with E-state index in [9.17, 15) is 9.59 Å². The number of nitrogens with zero attached hydrogens (tertiary/aromatic N) is 1. The predicted molar refractivity (Wildman–Crippen MR) is 81.9 cm³/mol. The van der Waals surface area contributed by atoms with Crippen LogP contribution < -0.4 is 4.90 Å². The number of carbonyl (C=O) groups is 2. The van der Waals surface area contributed by atoms with Gasteiger partial charge in [-0.3, -0.25) is 9.59 Å². The van der Waals surface area contributed by atoms with Crippen LogP contribution in [0.5, 0.6) is 0 Å². The van der Waals surface area contributed by atoms with Crippen LogP contribution in [0, 0.1) is 0 Å². The van der Waals surface area contributed by atoms with Gasteiger partial charge >= 0.3 is 11.9 Å². The van der Waals surface area contributed by atoms with Gasteiger partial charge in [-0.1, -0.05) is 23.2 Å². The van der Waals surface area contributed by atoms with E-state index in [2.05, 4.69) is 0 Å². The fraction of sp³-hybridized carbons (Fsp3) is 0.429. The molecule has 0 radical (unpaired) electrons. The van der Waals surface area contributed by atoms with E-state index in [4.69, 9.17) is 32.7 Å². The first-order chi connectivity index (χ1) is 9.97. The van der Waals surface area contributed by atoms with Crippen molar-refractivity contribution in [3.63, 3.8) is 0 Å². The molecule has 0 saturated heterocycles. The van der Waals surface area contributed by atoms with E-state index in [0.717, 1.165) is 0 Å². The first-order valence-corrected chi connectivity index (χ1v) is 7.24. The molecule has 0 aliphatic heterocycles. The van der Waals surface area contributed by atoms with Crippen LogP contribution in [0.4, 0.5) is 5.69 Å². The topological polar surface area (TPSA) is 55.8 Å². The highest BCUT2D eigenvalue weighted by atomic mass is 35.5. The van der Waals surface area contributed by atoms with Crippen LogP contribution in [0.25, 0.3) is 0 Å². The zero-order valence-electron chi connectivity index (χ0n) is 11.9. The van der Waals surface area contributed by atoms with Crippen LogP contribution in [0.2, 0.25) is 10.0 Å². The second-order valence-electron chi connectivity index (χ2n) is 4.06. The van der Waals surface area contributed by atoms with Gasteiger partial charge in [0.1, 0.15) is 13.1 Å². The molecule has 21 heavy (non-hydrogen) atoms. The van der Waals surface area contributed by atoms with E-state index in [0.29, 0.717) is 15.7 Å². The summed E-state index contributed by atoms with van der Waals surface area (Å²) in [5.74, 6) is -0.921. The summed E-state index contributed by atoms with van der Waals surface area (Å²) in [5.41, 5.74) is 0.477. The van der Waals surface area contributed by atoms with Gasteiger partial charge in [0.25, 0.3) is 0 Å². The first-order valence-electron chi connectivity index (χ1n) is 6.49. The Balaban J connectivity index is 2.96. The van der Waals surface area contributed by atoms with Crippen molar-refractivity contribution >= 4 is 40.8 Å². The lowest BCUT2D eigenvalue weighted by atomic mass is 10.2. The number of rotatable bonds is 7. The monoisotopic (exact) mass is 333 g/mol. The summed E-state index contributed by atoms with van der Waals surface area (Å²) in [5, 5.41) is 0.833. The van der Waals surface area contributed by atoms with Gasteiger partial charge in [-0.15, -0.1) is 0 Å². The molecule has 7 heteroatoms. The highest BCUT2D eigenvalue weighted by Crippen LogP contribution is 2.29. The minimum absolute atomic E-state index is 0.118. The first kappa shape index (κ1) is 17.6. The third kappa shape index (κ3) is 5.81. The second kappa shape index (κ2) is 8.74. The molecule has 5 nitrogen and oxygen atoms in total. The van der Waals surface area contributed by atoms with Crippen LogP contribution in [-0.2, 0) is 19.1 Å². The lowest BCUT2D eigenvalue weighted by Gasteiger charge is -2.23. The molecule has 0 spiro atoms. The number of halogens is 2. The molecule has 0 fully saturated rings. The number of esters is 2. The van der Waals surface area contributed by atoms with Crippen molar-refractivity contribution in [1.82, 2.24) is 0 Å². The summed E-state index contributed by atoms with van der Waals surface area (Å²) < 4.78 is 9.79. The lowest BCUT2D eigenvalue weighted by molar-refractivity contribution is -0.142. The zero-order chi connectivity index (χ0) is 15.8. The maximum Gasteiger partial charge on any atom is 0.325 e. The van der Waals surface area contributed by atoms with Crippen molar-refractivity contribution in [3.8, 4) is 0 Å². The van der Waals surface area contributed by atoms with Gasteiger partial charge in [-0.2, -0.15) is 0 Å². The number of hydrogen-bond acceptors (Lipinski definition) is 5. The molecule has 0 amide bonds. The van der Waals surface area contributed by atoms with E-state index >= 15 is 0 Å². The third-order valence-electron chi connectivity index (χ3n) is 2.50. The van der Waals surface area contributed by atoms with E-state index in [1.54, 1.807) is 32.0 Å². The minimum Gasteiger partial charge on any atom is -0.465 e. The quantitative estimate of drug-likeness (QED) is 0.718. The van der Waals surface area contributed by atoms with Gasteiger partial charge in [-0.05, 0) is 32.0 Å². The molecule has 0 heterocycles. The van der Waals surface area contributed by atoms with Gasteiger partial charge in [0, 0.05) is 5.02 Å². The molecule has 0 atom stereocenters. The van der Waals surface area contributed by atoms with Crippen molar-refractivity contribution < 1.29 is 19.1 Å². The Labute approximate surface area is 133 Å². The van der Waals surface area contributed by atoms with Gasteiger partial charge < -0.3 is 14.4 Å². The molecule has 116 valence electrons. The van der Waals surface area contributed by atoms with Gasteiger partial charge in [-0.25, -0.2) is 0 Å². The summed E-state index contributed by atoms with van der Waals surface area (Å²) in [6, 6.07) is 4.81. The highest BCUT2D eigenvalue weighted by Gasteiger charge is 2.19. The predicted octanol–water partition coefficient (Wildman–Crippen LogP) is 2.93. The van der Waals surface area contributed by atoms with Crippen molar-refractivity contribution in [2.75, 3.05) is 31.2 Å². The molecule has 0 aliphatic carbocycles. The molecule has 0 aliphatic rings. The van der Waals surface area contributed by atoms with Gasteiger partial charge in [0.15, 0.2) is 0 Å². The van der Waals surface area contributed by atoms with E-state index < -0.39 is 11.9 Å². The molecular weight excluding hydrogens is 317 g/mol. The zero-order valence-corrected chi connectivity index (χ0v) is 13.4. The molecule has 0 aromatic heterocycles. The molecule has 0 N–H and O–H groups in total. The van der Waals surface area contributed by atoms with Gasteiger partial charge in [0.2, 0.25) is 0 Å². The number of hydrogen-bond donors (Lipinski definition) is 0. The number of carbonyl (C=O) groups excluding carboxylic acids is 2. The normalized spacial score (nSPS) is 10.1. The fourth-order valence-electron chi connectivity index (χ4n) is 1.68. The van der Waals surface area contributed by atoms with Crippen LogP contribution in [-0.4, -0.2) is 38.2 Å². The second-order valence-corrected chi connectivity index (χ2v) is 4.91. The van der Waals surface area contributed by atoms with Crippen LogP contribution in [0.3, 0.4) is 0 Å². The van der Waals surface area contributed by atoms with Crippen molar-refractivity contribution in [3.05, 3.63) is 28.2 Å². The van der Waals surface area contributed by atoms with Gasteiger partial charge in [0.05, 0.1) is 23.9 Å². The molecular formula is C14H17Cl2NO4. The standard InChI is InChI=1S/C14H17Cl2NO4/c1-3-20-13(18)8-17(9-14(19)21-4-2)12-7-10(15)5-6-11(12)16/h5-7H,3-4,8-9H2,1-2H3. The average Bonchev–Trinajstić information content (AvgIpc) is 2.41. The Morgan fingerprint density at radius 1 is 1.05 bits per heavy atom. The number of ether oxygens (including phenoxy) is 2. The summed E-state index contributed by atoms with van der Waals surface area (Å²) in [4.78, 5) is 24.8. The molecule has 0 bridgehead atoms. The highest BCUT2D eigenvalue weighted by molar-refractivity contribution is 6.35. The minimum atomic E-state index is -0.460. The molecule has 0 saturated carbocycles. The Hall–Kier alpha value is -1.46. The Kier molecular flexibility index (Phi) is 7.32. The van der Waals surface area contributed by atoms with Crippen LogP contribution >= 0.6 is 23.2 Å². The van der Waals surface area contributed by atoms with Crippen molar-refractivity contribution in [2.45, 2.75) is 13.8 Å². The molecule has 1 aromatic carbocycles. The van der Waals surface area contributed by atoms with Crippen LogP contribution in [0.1, 0.15) is 13.8 Å². The summed E-state index contributed by atoms with van der Waals surface area (Å²) >= 11 is 12.0.